The summed E-state index contributed by atoms with van der Waals surface area (Å²) in [6.07, 6.45) is 3.63. The van der Waals surface area contributed by atoms with Crippen molar-refractivity contribution in [2.45, 2.75) is 50.0 Å². The first-order chi connectivity index (χ1) is 12.6. The molecule has 0 unspecified atom stereocenters. The van der Waals surface area contributed by atoms with Gasteiger partial charge in [0.15, 0.2) is 0 Å². The Morgan fingerprint density at radius 2 is 1.81 bits per heavy atom. The second kappa shape index (κ2) is 8.58. The second-order valence-electron chi connectivity index (χ2n) is 7.41. The molecule has 7 nitrogen and oxygen atoms in total. The Morgan fingerprint density at radius 3 is 2.33 bits per heavy atom. The van der Waals surface area contributed by atoms with Crippen LogP contribution in [0.3, 0.4) is 0 Å². The lowest BCUT2D eigenvalue weighted by Gasteiger charge is -2.28. The predicted molar refractivity (Wildman–Crippen MR) is 109 cm³/mol. The number of carbonyl (C=O) groups excluding carboxylic acids is 1. The van der Waals surface area contributed by atoms with E-state index < -0.39 is 15.6 Å². The van der Waals surface area contributed by atoms with E-state index in [1.807, 2.05) is 13.8 Å². The minimum Gasteiger partial charge on any atom is -0.371 e. The summed E-state index contributed by atoms with van der Waals surface area (Å²) >= 11 is 0. The van der Waals surface area contributed by atoms with Gasteiger partial charge in [-0.1, -0.05) is 13.8 Å². The summed E-state index contributed by atoms with van der Waals surface area (Å²) in [5, 5.41) is 2.91. The summed E-state index contributed by atoms with van der Waals surface area (Å²) in [6.45, 7) is 6.07. The minimum absolute atomic E-state index is 0.116. The average molecular weight is 397 g/mol. The minimum atomic E-state index is -3.62. The Morgan fingerprint density at radius 1 is 1.22 bits per heavy atom. The van der Waals surface area contributed by atoms with Crippen LogP contribution in [0.5, 0.6) is 0 Å². The molecule has 1 amide bonds. The molecule has 0 aliphatic carbocycles. The van der Waals surface area contributed by atoms with Gasteiger partial charge in [0.2, 0.25) is 10.0 Å². The number of nitrogens with zero attached hydrogens (tertiary/aromatic N) is 2. The number of nitrogens with two attached hydrogens (primary N) is 1. The van der Waals surface area contributed by atoms with Crippen molar-refractivity contribution in [1.82, 2.24) is 9.62 Å². The molecule has 1 aromatic carbocycles. The number of rotatable bonds is 8. The van der Waals surface area contributed by atoms with Crippen molar-refractivity contribution < 1.29 is 13.2 Å². The molecule has 8 heteroatoms. The van der Waals surface area contributed by atoms with Crippen LogP contribution in [0.15, 0.2) is 23.1 Å². The zero-order valence-corrected chi connectivity index (χ0v) is 17.6. The molecule has 1 aliphatic heterocycles. The third kappa shape index (κ3) is 4.80. The molecule has 0 saturated carbocycles. The van der Waals surface area contributed by atoms with Crippen LogP contribution in [0.2, 0.25) is 0 Å². The van der Waals surface area contributed by atoms with E-state index >= 15 is 0 Å². The van der Waals surface area contributed by atoms with Gasteiger partial charge in [-0.15, -0.1) is 0 Å². The van der Waals surface area contributed by atoms with Gasteiger partial charge in [0.25, 0.3) is 5.91 Å². The van der Waals surface area contributed by atoms with Crippen LogP contribution in [0.25, 0.3) is 0 Å². The topological polar surface area (TPSA) is 95.7 Å². The van der Waals surface area contributed by atoms with Gasteiger partial charge in [-0.3, -0.25) is 4.79 Å². The molecule has 0 aromatic heterocycles. The molecular formula is C19H32N4O3S. The first-order valence-electron chi connectivity index (χ1n) is 9.53. The zero-order valence-electron chi connectivity index (χ0n) is 16.8. The summed E-state index contributed by atoms with van der Waals surface area (Å²) in [7, 11) is -0.654. The number of amides is 1. The molecule has 152 valence electrons. The molecule has 1 fully saturated rings. The Bertz CT molecular complexity index is 767. The highest BCUT2D eigenvalue weighted by Crippen LogP contribution is 2.28. The highest BCUT2D eigenvalue weighted by atomic mass is 32.2. The number of hydrogen-bond acceptors (Lipinski definition) is 5. The summed E-state index contributed by atoms with van der Waals surface area (Å²) in [5.41, 5.74) is 6.99. The molecule has 0 bridgehead atoms. The molecular weight excluding hydrogens is 364 g/mol. The molecule has 1 saturated heterocycles. The van der Waals surface area contributed by atoms with Gasteiger partial charge in [-0.05, 0) is 43.9 Å². The Hall–Kier alpha value is -1.64. The van der Waals surface area contributed by atoms with Crippen molar-refractivity contribution in [2.75, 3.05) is 38.6 Å². The predicted octanol–water partition coefficient (Wildman–Crippen LogP) is 1.78. The molecule has 0 radical (unpaired) electrons. The number of carbonyl (C=O) groups is 1. The lowest BCUT2D eigenvalue weighted by Crippen LogP contribution is -2.49. The van der Waals surface area contributed by atoms with Gasteiger partial charge in [0.05, 0.1) is 10.5 Å². The average Bonchev–Trinajstić information content (AvgIpc) is 3.19. The lowest BCUT2D eigenvalue weighted by molar-refractivity contribution is 0.0942. The molecule has 3 N–H and O–H groups in total. The van der Waals surface area contributed by atoms with Crippen molar-refractivity contribution in [3.8, 4) is 0 Å². The fourth-order valence-electron chi connectivity index (χ4n) is 3.15. The molecule has 0 atom stereocenters. The zero-order chi connectivity index (χ0) is 20.2. The quantitative estimate of drug-likeness (QED) is 0.698. The Balaban J connectivity index is 2.39. The van der Waals surface area contributed by atoms with Gasteiger partial charge in [0, 0.05) is 45.0 Å². The SMILES string of the molecule is CCC(N)(CC)CNC(=O)c1cc(S(=O)(=O)N(C)C)ccc1N1CCCC1. The number of anilines is 1. The fourth-order valence-corrected chi connectivity index (χ4v) is 4.08. The van der Waals surface area contributed by atoms with Gasteiger partial charge >= 0.3 is 0 Å². The van der Waals surface area contributed by atoms with Gasteiger partial charge in [-0.2, -0.15) is 0 Å². The lowest BCUT2D eigenvalue weighted by atomic mass is 9.94. The van der Waals surface area contributed by atoms with Crippen molar-refractivity contribution in [3.05, 3.63) is 23.8 Å². The largest absolute Gasteiger partial charge is 0.371 e. The Kier molecular flexibility index (Phi) is 6.88. The standard InChI is InChI=1S/C19H32N4O3S/c1-5-19(20,6-2)14-21-18(24)16-13-15(27(25,26)22(3)4)9-10-17(16)23-11-7-8-12-23/h9-10,13H,5-8,11-12,14,20H2,1-4H3,(H,21,24). The fraction of sp³-hybridized carbons (Fsp3) is 0.632. The normalized spacial score (nSPS) is 15.4. The van der Waals surface area contributed by atoms with Crippen molar-refractivity contribution in [1.29, 1.82) is 0 Å². The Labute approximate surface area is 163 Å². The molecule has 2 rings (SSSR count). The molecule has 27 heavy (non-hydrogen) atoms. The maximum Gasteiger partial charge on any atom is 0.253 e. The highest BCUT2D eigenvalue weighted by molar-refractivity contribution is 7.89. The van der Waals surface area contributed by atoms with E-state index in [0.717, 1.165) is 48.8 Å². The van der Waals surface area contributed by atoms with Crippen LogP contribution in [-0.4, -0.2) is 57.9 Å². The third-order valence-corrected chi connectivity index (χ3v) is 7.26. The second-order valence-corrected chi connectivity index (χ2v) is 9.56. The maximum atomic E-state index is 12.9. The summed E-state index contributed by atoms with van der Waals surface area (Å²) in [4.78, 5) is 15.2. The van der Waals surface area contributed by atoms with Gasteiger partial charge < -0.3 is 16.0 Å². The third-order valence-electron chi connectivity index (χ3n) is 5.45. The summed E-state index contributed by atoms with van der Waals surface area (Å²) < 4.78 is 26.2. The first-order valence-corrected chi connectivity index (χ1v) is 11.0. The van der Waals surface area contributed by atoms with Crippen molar-refractivity contribution in [2.24, 2.45) is 5.73 Å². The van der Waals surface area contributed by atoms with Crippen LogP contribution in [-0.2, 0) is 10.0 Å². The van der Waals surface area contributed by atoms with E-state index in [1.54, 1.807) is 12.1 Å². The number of hydrogen-bond donors (Lipinski definition) is 2. The summed E-state index contributed by atoms with van der Waals surface area (Å²) in [5.74, 6) is -0.288. The van der Waals surface area contributed by atoms with Crippen molar-refractivity contribution in [3.63, 3.8) is 0 Å². The van der Waals surface area contributed by atoms with Crippen LogP contribution in [0.1, 0.15) is 49.9 Å². The monoisotopic (exact) mass is 396 g/mol. The van der Waals surface area contributed by atoms with Gasteiger partial charge in [-0.25, -0.2) is 12.7 Å². The van der Waals surface area contributed by atoms with Crippen LogP contribution >= 0.6 is 0 Å². The first kappa shape index (κ1) is 21.7. The maximum absolute atomic E-state index is 12.9. The van der Waals surface area contributed by atoms with Crippen LogP contribution in [0.4, 0.5) is 5.69 Å². The smallest absolute Gasteiger partial charge is 0.253 e. The number of sulfonamides is 1. The van der Waals surface area contributed by atoms with Crippen LogP contribution < -0.4 is 16.0 Å². The molecule has 1 aromatic rings. The number of nitrogens with one attached hydrogen (secondary N) is 1. The van der Waals surface area contributed by atoms with E-state index in [-0.39, 0.29) is 10.8 Å². The van der Waals surface area contributed by atoms with Gasteiger partial charge in [0.1, 0.15) is 0 Å². The van der Waals surface area contributed by atoms with E-state index in [1.165, 1.54) is 20.2 Å². The highest BCUT2D eigenvalue weighted by Gasteiger charge is 2.26. The van der Waals surface area contributed by atoms with E-state index in [2.05, 4.69) is 10.2 Å². The molecule has 1 heterocycles. The van der Waals surface area contributed by atoms with E-state index in [0.29, 0.717) is 12.1 Å². The number of benzene rings is 1. The van der Waals surface area contributed by atoms with E-state index in [9.17, 15) is 13.2 Å². The molecule has 1 aliphatic rings. The van der Waals surface area contributed by atoms with Crippen LogP contribution in [0, 0.1) is 0 Å². The summed E-state index contributed by atoms with van der Waals surface area (Å²) in [6, 6.07) is 4.80. The van der Waals surface area contributed by atoms with E-state index in [4.69, 9.17) is 5.73 Å². The van der Waals surface area contributed by atoms with Crippen molar-refractivity contribution >= 4 is 21.6 Å². The molecule has 0 spiro atoms.